The van der Waals surface area contributed by atoms with Crippen LogP contribution in [-0.4, -0.2) is 42.6 Å². The molecule has 17 heavy (non-hydrogen) atoms. The molecule has 0 bridgehead atoms. The lowest BCUT2D eigenvalue weighted by Gasteiger charge is -2.19. The fourth-order valence-corrected chi connectivity index (χ4v) is 1.89. The highest BCUT2D eigenvalue weighted by atomic mass is 15.1. The van der Waals surface area contributed by atoms with Crippen molar-refractivity contribution in [2.75, 3.05) is 32.7 Å². The Bertz CT molecular complexity index is 274. The molecule has 3 nitrogen and oxygen atoms in total. The lowest BCUT2D eigenvalue weighted by Crippen LogP contribution is -2.33. The van der Waals surface area contributed by atoms with Crippen LogP contribution in [0, 0.1) is 0 Å². The van der Waals surface area contributed by atoms with Crippen LogP contribution in [0.3, 0.4) is 0 Å². The first-order chi connectivity index (χ1) is 8.36. The highest BCUT2D eigenvalue weighted by molar-refractivity contribution is 5.08. The van der Waals surface area contributed by atoms with Crippen LogP contribution in [0.4, 0.5) is 0 Å². The molecule has 0 atom stereocenters. The molecular formula is C14H25N3. The summed E-state index contributed by atoms with van der Waals surface area (Å²) >= 11 is 0. The summed E-state index contributed by atoms with van der Waals surface area (Å²) in [5.41, 5.74) is 1.31. The smallest absolute Gasteiger partial charge is 0.0300 e. The minimum atomic E-state index is 1.04. The van der Waals surface area contributed by atoms with E-state index in [0.717, 1.165) is 32.6 Å². The van der Waals surface area contributed by atoms with Crippen LogP contribution in [0.1, 0.15) is 25.8 Å². The van der Waals surface area contributed by atoms with E-state index >= 15 is 0 Å². The van der Waals surface area contributed by atoms with E-state index in [9.17, 15) is 0 Å². The molecule has 96 valence electrons. The van der Waals surface area contributed by atoms with Crippen molar-refractivity contribution < 1.29 is 0 Å². The normalized spacial score (nSPS) is 11.0. The van der Waals surface area contributed by atoms with Gasteiger partial charge in [-0.2, -0.15) is 0 Å². The van der Waals surface area contributed by atoms with Crippen LogP contribution in [0.5, 0.6) is 0 Å². The Morgan fingerprint density at radius 3 is 2.76 bits per heavy atom. The minimum Gasteiger partial charge on any atom is -0.315 e. The maximum absolute atomic E-state index is 4.11. The number of nitrogens with zero attached hydrogens (tertiary/aromatic N) is 2. The van der Waals surface area contributed by atoms with E-state index in [0.29, 0.717) is 0 Å². The van der Waals surface area contributed by atoms with Gasteiger partial charge in [-0.05, 0) is 44.1 Å². The third-order valence-corrected chi connectivity index (χ3v) is 2.91. The Morgan fingerprint density at radius 2 is 2.12 bits per heavy atom. The first kappa shape index (κ1) is 14.1. The van der Waals surface area contributed by atoms with Crippen LogP contribution < -0.4 is 5.32 Å². The summed E-state index contributed by atoms with van der Waals surface area (Å²) in [4.78, 5) is 6.60. The fourth-order valence-electron chi connectivity index (χ4n) is 1.89. The number of nitrogens with one attached hydrogen (secondary N) is 1. The van der Waals surface area contributed by atoms with E-state index < -0.39 is 0 Å². The molecule has 0 spiro atoms. The van der Waals surface area contributed by atoms with Gasteiger partial charge >= 0.3 is 0 Å². The minimum absolute atomic E-state index is 1.04. The average Bonchev–Trinajstić information content (AvgIpc) is 2.38. The van der Waals surface area contributed by atoms with E-state index in [1.807, 2.05) is 18.5 Å². The van der Waals surface area contributed by atoms with Gasteiger partial charge in [0.25, 0.3) is 0 Å². The lowest BCUT2D eigenvalue weighted by atomic mass is 10.2. The summed E-state index contributed by atoms with van der Waals surface area (Å²) in [5, 5.41) is 3.49. The predicted molar refractivity (Wildman–Crippen MR) is 73.2 cm³/mol. The summed E-state index contributed by atoms with van der Waals surface area (Å²) < 4.78 is 0. The number of hydrogen-bond acceptors (Lipinski definition) is 3. The number of likely N-dealkylation sites (N-methyl/N-ethyl adjacent to an activating group) is 1. The number of hydrogen-bond donors (Lipinski definition) is 1. The van der Waals surface area contributed by atoms with Gasteiger partial charge in [-0.1, -0.05) is 19.9 Å². The highest BCUT2D eigenvalue weighted by Gasteiger charge is 1.99. The van der Waals surface area contributed by atoms with E-state index in [4.69, 9.17) is 0 Å². The maximum Gasteiger partial charge on any atom is 0.0300 e. The summed E-state index contributed by atoms with van der Waals surface area (Å²) in [6.07, 6.45) is 6.06. The Balaban J connectivity index is 2.04. The van der Waals surface area contributed by atoms with Crippen molar-refractivity contribution in [2.45, 2.75) is 26.7 Å². The third-order valence-electron chi connectivity index (χ3n) is 2.91. The fraction of sp³-hybridized carbons (Fsp3) is 0.643. The molecule has 1 N–H and O–H groups in total. The highest BCUT2D eigenvalue weighted by Crippen LogP contribution is 1.95. The van der Waals surface area contributed by atoms with Crippen molar-refractivity contribution >= 4 is 0 Å². The molecule has 0 unspecified atom stereocenters. The molecule has 1 aromatic heterocycles. The number of rotatable bonds is 9. The summed E-state index contributed by atoms with van der Waals surface area (Å²) in [6, 6.07) is 4.12. The molecule has 0 aliphatic heterocycles. The molecule has 0 fully saturated rings. The van der Waals surface area contributed by atoms with Crippen LogP contribution in [0.2, 0.25) is 0 Å². The first-order valence-corrected chi connectivity index (χ1v) is 6.68. The van der Waals surface area contributed by atoms with Gasteiger partial charge in [0.1, 0.15) is 0 Å². The molecule has 0 radical (unpaired) electrons. The number of aromatic nitrogens is 1. The quantitative estimate of drug-likeness (QED) is 0.663. The molecule has 0 amide bonds. The number of pyridine rings is 1. The Hall–Kier alpha value is -0.930. The molecule has 3 heteroatoms. The van der Waals surface area contributed by atoms with E-state index in [2.05, 4.69) is 35.1 Å². The van der Waals surface area contributed by atoms with Crippen LogP contribution >= 0.6 is 0 Å². The zero-order valence-electron chi connectivity index (χ0n) is 11.2. The van der Waals surface area contributed by atoms with Gasteiger partial charge in [0.15, 0.2) is 0 Å². The standard InChI is InChI=1S/C14H25N3/c1-3-11-17(4-2)12-10-15-9-7-14-6-5-8-16-13-14/h5-6,8,13,15H,3-4,7,9-12H2,1-2H3. The topological polar surface area (TPSA) is 28.2 Å². The van der Waals surface area contributed by atoms with Crippen molar-refractivity contribution in [3.8, 4) is 0 Å². The molecule has 1 aromatic rings. The predicted octanol–water partition coefficient (Wildman–Crippen LogP) is 1.95. The summed E-state index contributed by atoms with van der Waals surface area (Å²) in [5.74, 6) is 0. The molecule has 0 aliphatic carbocycles. The van der Waals surface area contributed by atoms with Gasteiger partial charge < -0.3 is 10.2 Å². The Morgan fingerprint density at radius 1 is 1.24 bits per heavy atom. The molecule has 1 rings (SSSR count). The molecule has 0 aromatic carbocycles. The van der Waals surface area contributed by atoms with Gasteiger partial charge in [-0.15, -0.1) is 0 Å². The maximum atomic E-state index is 4.11. The molecular weight excluding hydrogens is 210 g/mol. The first-order valence-electron chi connectivity index (χ1n) is 6.68. The zero-order chi connectivity index (χ0) is 12.3. The molecule has 0 saturated carbocycles. The van der Waals surface area contributed by atoms with Crippen LogP contribution in [0.25, 0.3) is 0 Å². The molecule has 0 saturated heterocycles. The van der Waals surface area contributed by atoms with Crippen molar-refractivity contribution in [1.29, 1.82) is 0 Å². The Labute approximate surface area is 105 Å². The van der Waals surface area contributed by atoms with Crippen molar-refractivity contribution in [2.24, 2.45) is 0 Å². The Kier molecular flexibility index (Phi) is 7.60. The molecule has 1 heterocycles. The van der Waals surface area contributed by atoms with Gasteiger partial charge in [0, 0.05) is 25.5 Å². The van der Waals surface area contributed by atoms with E-state index in [1.165, 1.54) is 18.5 Å². The zero-order valence-corrected chi connectivity index (χ0v) is 11.2. The second kappa shape index (κ2) is 9.14. The second-order valence-corrected chi connectivity index (χ2v) is 4.30. The van der Waals surface area contributed by atoms with Crippen LogP contribution in [-0.2, 0) is 6.42 Å². The van der Waals surface area contributed by atoms with E-state index in [1.54, 1.807) is 0 Å². The average molecular weight is 235 g/mol. The third kappa shape index (κ3) is 6.39. The van der Waals surface area contributed by atoms with Gasteiger partial charge in [0.05, 0.1) is 0 Å². The van der Waals surface area contributed by atoms with Gasteiger partial charge in [-0.3, -0.25) is 4.98 Å². The van der Waals surface area contributed by atoms with Crippen LogP contribution in [0.15, 0.2) is 24.5 Å². The van der Waals surface area contributed by atoms with Crippen molar-refractivity contribution in [3.63, 3.8) is 0 Å². The van der Waals surface area contributed by atoms with Crippen molar-refractivity contribution in [1.82, 2.24) is 15.2 Å². The van der Waals surface area contributed by atoms with E-state index in [-0.39, 0.29) is 0 Å². The second-order valence-electron chi connectivity index (χ2n) is 4.30. The molecule has 0 aliphatic rings. The van der Waals surface area contributed by atoms with Gasteiger partial charge in [-0.25, -0.2) is 0 Å². The summed E-state index contributed by atoms with van der Waals surface area (Å²) in [7, 11) is 0. The SMILES string of the molecule is CCCN(CC)CCNCCc1cccnc1. The summed E-state index contributed by atoms with van der Waals surface area (Å²) in [6.45, 7) is 10.1. The largest absolute Gasteiger partial charge is 0.315 e. The lowest BCUT2D eigenvalue weighted by molar-refractivity contribution is 0.288. The monoisotopic (exact) mass is 235 g/mol. The van der Waals surface area contributed by atoms with Gasteiger partial charge in [0.2, 0.25) is 0 Å². The van der Waals surface area contributed by atoms with Crippen molar-refractivity contribution in [3.05, 3.63) is 30.1 Å².